The Morgan fingerprint density at radius 1 is 1.08 bits per heavy atom. The van der Waals surface area contributed by atoms with Crippen LogP contribution in [0.25, 0.3) is 0 Å². The Kier molecular flexibility index (Phi) is 4.00. The topological polar surface area (TPSA) is 46.2 Å². The molecule has 2 atom stereocenters. The highest BCUT2D eigenvalue weighted by atomic mass is 32.1. The van der Waals surface area contributed by atoms with Gasteiger partial charge in [-0.25, -0.2) is 8.78 Å². The Morgan fingerprint density at radius 3 is 2.64 bits per heavy atom. The van der Waals surface area contributed by atoms with Gasteiger partial charge in [0.15, 0.2) is 5.78 Å². The van der Waals surface area contributed by atoms with E-state index in [1.807, 2.05) is 17.5 Å². The van der Waals surface area contributed by atoms with Crippen molar-refractivity contribution in [3.05, 3.63) is 69.1 Å². The van der Waals surface area contributed by atoms with Crippen LogP contribution >= 0.6 is 11.3 Å². The lowest BCUT2D eigenvalue weighted by Crippen LogP contribution is -2.38. The number of nitrogens with one attached hydrogen (secondary N) is 1. The molecular weight excluding hydrogens is 344 g/mol. The first-order valence-electron chi connectivity index (χ1n) is 8.07. The van der Waals surface area contributed by atoms with Crippen LogP contribution in [0.3, 0.4) is 0 Å². The number of rotatable bonds is 2. The molecule has 1 amide bonds. The quantitative estimate of drug-likeness (QED) is 0.880. The van der Waals surface area contributed by atoms with Gasteiger partial charge in [0.25, 0.3) is 0 Å². The minimum Gasteiger partial charge on any atom is -0.329 e. The van der Waals surface area contributed by atoms with E-state index in [2.05, 4.69) is 5.32 Å². The number of allylic oxidation sites excluding steroid dienone is 2. The highest BCUT2D eigenvalue weighted by Gasteiger charge is 2.39. The molecule has 1 aliphatic carbocycles. The Morgan fingerprint density at radius 2 is 1.92 bits per heavy atom. The maximum atomic E-state index is 14.2. The summed E-state index contributed by atoms with van der Waals surface area (Å²) < 4.78 is 27.5. The third-order valence-corrected chi connectivity index (χ3v) is 5.85. The predicted molar refractivity (Wildman–Crippen MR) is 90.2 cm³/mol. The summed E-state index contributed by atoms with van der Waals surface area (Å²) in [6, 6.07) is 7.20. The van der Waals surface area contributed by atoms with Crippen molar-refractivity contribution in [3.63, 3.8) is 0 Å². The number of carbonyl (C=O) groups is 2. The first-order valence-corrected chi connectivity index (χ1v) is 8.95. The number of halogens is 2. The summed E-state index contributed by atoms with van der Waals surface area (Å²) in [5, 5.41) is 4.76. The second-order valence-corrected chi connectivity index (χ2v) is 7.39. The molecule has 2 heterocycles. The molecule has 2 aromatic rings. The van der Waals surface area contributed by atoms with E-state index in [1.54, 1.807) is 11.3 Å². The number of amides is 1. The van der Waals surface area contributed by atoms with Gasteiger partial charge in [0.2, 0.25) is 5.91 Å². The van der Waals surface area contributed by atoms with Crippen LogP contribution in [0.5, 0.6) is 0 Å². The van der Waals surface area contributed by atoms with Gasteiger partial charge >= 0.3 is 0 Å². The van der Waals surface area contributed by atoms with Crippen molar-refractivity contribution in [1.82, 2.24) is 5.32 Å². The number of thiophene rings is 1. The van der Waals surface area contributed by atoms with Crippen LogP contribution in [0.15, 0.2) is 47.0 Å². The zero-order chi connectivity index (χ0) is 17.6. The van der Waals surface area contributed by atoms with Gasteiger partial charge < -0.3 is 5.32 Å². The molecule has 2 aliphatic rings. The van der Waals surface area contributed by atoms with Gasteiger partial charge in [-0.1, -0.05) is 12.1 Å². The molecule has 0 saturated carbocycles. The molecule has 0 fully saturated rings. The summed E-state index contributed by atoms with van der Waals surface area (Å²) >= 11 is 1.58. The maximum Gasteiger partial charge on any atom is 0.225 e. The van der Waals surface area contributed by atoms with Crippen LogP contribution in [-0.4, -0.2) is 11.7 Å². The standard InChI is InChI=1S/C19H15F2NO2S/c20-11-3-4-12(14(21)8-11)13-9-18(24)22-15-6-10(7-16(23)19(13)15)17-2-1-5-25-17/h1-5,8,10,13H,6-7,9H2,(H,22,24)/t10-,13+/m1/s1. The van der Waals surface area contributed by atoms with Crippen molar-refractivity contribution in [3.8, 4) is 0 Å². The zero-order valence-electron chi connectivity index (χ0n) is 13.2. The Balaban J connectivity index is 1.76. The van der Waals surface area contributed by atoms with E-state index < -0.39 is 17.6 Å². The number of hydrogen-bond acceptors (Lipinski definition) is 3. The number of benzene rings is 1. The van der Waals surface area contributed by atoms with Crippen LogP contribution < -0.4 is 5.32 Å². The molecule has 1 aromatic carbocycles. The first kappa shape index (κ1) is 16.1. The van der Waals surface area contributed by atoms with Gasteiger partial charge in [0.05, 0.1) is 0 Å². The lowest BCUT2D eigenvalue weighted by molar-refractivity contribution is -0.122. The fraction of sp³-hybridized carbons (Fsp3) is 0.263. The number of ketones is 1. The van der Waals surface area contributed by atoms with Gasteiger partial charge in [-0.3, -0.25) is 9.59 Å². The van der Waals surface area contributed by atoms with Crippen molar-refractivity contribution in [2.24, 2.45) is 0 Å². The van der Waals surface area contributed by atoms with Crippen LogP contribution in [0.2, 0.25) is 0 Å². The molecule has 25 heavy (non-hydrogen) atoms. The number of carbonyl (C=O) groups excluding carboxylic acids is 2. The molecule has 0 bridgehead atoms. The lowest BCUT2D eigenvalue weighted by atomic mass is 9.74. The summed E-state index contributed by atoms with van der Waals surface area (Å²) in [6.07, 6.45) is 0.887. The number of hydrogen-bond donors (Lipinski definition) is 1. The van der Waals surface area contributed by atoms with E-state index in [0.29, 0.717) is 24.1 Å². The minimum atomic E-state index is -0.722. The predicted octanol–water partition coefficient (Wildman–Crippen LogP) is 4.03. The van der Waals surface area contributed by atoms with Gasteiger partial charge in [0.1, 0.15) is 11.6 Å². The molecule has 1 aromatic heterocycles. The van der Waals surface area contributed by atoms with E-state index in [1.165, 1.54) is 6.07 Å². The normalized spacial score (nSPS) is 23.4. The van der Waals surface area contributed by atoms with Crippen molar-refractivity contribution in [1.29, 1.82) is 0 Å². The minimum absolute atomic E-state index is 0.00318. The summed E-state index contributed by atoms with van der Waals surface area (Å²) in [5.41, 5.74) is 1.25. The molecular formula is C19H15F2NO2S. The molecule has 0 radical (unpaired) electrons. The SMILES string of the molecule is O=C1C[C@@H](c2ccc(F)cc2F)C2=C(C[C@@H](c3cccs3)CC2=O)N1. The van der Waals surface area contributed by atoms with E-state index in [0.717, 1.165) is 17.0 Å². The average Bonchev–Trinajstić information content (AvgIpc) is 3.08. The highest BCUT2D eigenvalue weighted by molar-refractivity contribution is 7.10. The van der Waals surface area contributed by atoms with Gasteiger partial charge in [-0.2, -0.15) is 0 Å². The summed E-state index contributed by atoms with van der Waals surface area (Å²) in [5.74, 6) is -2.34. The van der Waals surface area contributed by atoms with Crippen molar-refractivity contribution in [2.75, 3.05) is 0 Å². The largest absolute Gasteiger partial charge is 0.329 e. The second-order valence-electron chi connectivity index (χ2n) is 6.41. The average molecular weight is 359 g/mol. The molecule has 0 unspecified atom stereocenters. The van der Waals surface area contributed by atoms with Crippen LogP contribution in [-0.2, 0) is 9.59 Å². The summed E-state index contributed by atoms with van der Waals surface area (Å²) in [7, 11) is 0. The van der Waals surface area contributed by atoms with Gasteiger partial charge in [-0.05, 0) is 29.5 Å². The van der Waals surface area contributed by atoms with Gasteiger partial charge in [0, 0.05) is 46.9 Å². The lowest BCUT2D eigenvalue weighted by Gasteiger charge is -2.34. The van der Waals surface area contributed by atoms with E-state index in [-0.39, 0.29) is 29.6 Å². The van der Waals surface area contributed by atoms with Gasteiger partial charge in [-0.15, -0.1) is 11.3 Å². The molecule has 6 heteroatoms. The van der Waals surface area contributed by atoms with Crippen LogP contribution in [0.4, 0.5) is 8.78 Å². The van der Waals surface area contributed by atoms with E-state index in [9.17, 15) is 18.4 Å². The maximum absolute atomic E-state index is 14.2. The smallest absolute Gasteiger partial charge is 0.225 e. The molecule has 1 aliphatic heterocycles. The summed E-state index contributed by atoms with van der Waals surface area (Å²) in [4.78, 5) is 26.0. The van der Waals surface area contributed by atoms with E-state index >= 15 is 0 Å². The second kappa shape index (κ2) is 6.19. The highest BCUT2D eigenvalue weighted by Crippen LogP contribution is 2.43. The third kappa shape index (κ3) is 2.91. The third-order valence-electron chi connectivity index (χ3n) is 4.82. The zero-order valence-corrected chi connectivity index (χ0v) is 14.0. The molecule has 3 nitrogen and oxygen atoms in total. The monoisotopic (exact) mass is 359 g/mol. The molecule has 128 valence electrons. The fourth-order valence-electron chi connectivity index (χ4n) is 3.73. The fourth-order valence-corrected chi connectivity index (χ4v) is 4.57. The molecule has 0 saturated heterocycles. The number of Topliss-reactive ketones (excluding diaryl/α,β-unsaturated/α-hetero) is 1. The van der Waals surface area contributed by atoms with Crippen molar-refractivity contribution in [2.45, 2.75) is 31.1 Å². The Bertz CT molecular complexity index is 889. The Hall–Kier alpha value is -2.34. The first-order chi connectivity index (χ1) is 12.0. The van der Waals surface area contributed by atoms with Crippen LogP contribution in [0.1, 0.15) is 41.5 Å². The molecule has 1 N–H and O–H groups in total. The van der Waals surface area contributed by atoms with Crippen LogP contribution in [0, 0.1) is 11.6 Å². The summed E-state index contributed by atoms with van der Waals surface area (Å²) in [6.45, 7) is 0. The van der Waals surface area contributed by atoms with Crippen molar-refractivity contribution >= 4 is 23.0 Å². The van der Waals surface area contributed by atoms with E-state index in [4.69, 9.17) is 0 Å². The van der Waals surface area contributed by atoms with Crippen molar-refractivity contribution < 1.29 is 18.4 Å². The Labute approximate surface area is 147 Å². The molecule has 0 spiro atoms. The molecule has 4 rings (SSSR count).